The van der Waals surface area contributed by atoms with E-state index in [0.717, 1.165) is 0 Å². The van der Waals surface area contributed by atoms with Crippen molar-refractivity contribution in [3.8, 4) is 0 Å². The molecule has 0 spiro atoms. The first-order chi connectivity index (χ1) is 7.97. The second-order valence-electron chi connectivity index (χ2n) is 4.52. The number of rotatable bonds is 8. The third-order valence-corrected chi connectivity index (χ3v) is 2.79. The smallest absolute Gasteiger partial charge is 1.00 e. The number of hydrogen-bond donors (Lipinski definition) is 2. The number of hydrogen-bond acceptors (Lipinski definition) is 1. The van der Waals surface area contributed by atoms with Crippen LogP contribution in [0.1, 0.15) is 56.2 Å². The fraction of sp³-hybridized carbons (Fsp3) is 1.00. The van der Waals surface area contributed by atoms with Crippen LogP contribution >= 0.6 is 0 Å². The van der Waals surface area contributed by atoms with E-state index in [1.54, 1.807) is 0 Å². The fourth-order valence-electron chi connectivity index (χ4n) is 2.57. The Hall–Kier alpha value is 1.58. The van der Waals surface area contributed by atoms with Crippen LogP contribution in [0.4, 0.5) is 0 Å². The summed E-state index contributed by atoms with van der Waals surface area (Å²) in [5.74, 6) is 0. The number of nitrogens with zero attached hydrogens (tertiary/aromatic N) is 1. The molecule has 0 aliphatic heterocycles. The van der Waals surface area contributed by atoms with Crippen molar-refractivity contribution < 1.29 is 80.5 Å². The van der Waals surface area contributed by atoms with Crippen LogP contribution in [-0.2, 0) is 4.46 Å². The Labute approximate surface area is 168 Å². The van der Waals surface area contributed by atoms with Crippen LogP contribution in [0.3, 0.4) is 0 Å². The normalized spacial score (nSPS) is 9.47. The standard InChI is InChI=1S/C12H28N.2Na.H2O3Si.2H/c1-5-9-13(10-6-2,11-7-3)12-8-4;;;1-4(2)3;;/h5-12H2,1-4H3;;;1-2H;;/q3*+1;;2*-1. The molecule has 0 rings (SSSR count). The maximum Gasteiger partial charge on any atom is 1.00 e. The van der Waals surface area contributed by atoms with E-state index in [0.29, 0.717) is 0 Å². The SMILES string of the molecule is CCC[N+](CCC)(CCC)CCC.O=[Si](O)O.[H-].[H-].[Na+].[Na+]. The molecule has 0 amide bonds. The molecule has 4 nitrogen and oxygen atoms in total. The van der Waals surface area contributed by atoms with Gasteiger partial charge < -0.3 is 16.9 Å². The molecule has 2 N–H and O–H groups in total. The topological polar surface area (TPSA) is 57.5 Å². The van der Waals surface area contributed by atoms with Gasteiger partial charge in [0.05, 0.1) is 26.2 Å². The zero-order valence-corrected chi connectivity index (χ0v) is 18.9. The molecule has 0 saturated carbocycles. The van der Waals surface area contributed by atoms with E-state index in [1.165, 1.54) is 56.3 Å². The molecule has 0 aromatic carbocycles. The summed E-state index contributed by atoms with van der Waals surface area (Å²) in [4.78, 5) is 14.3. The zero-order chi connectivity index (χ0) is 13.7. The summed E-state index contributed by atoms with van der Waals surface area (Å²) in [5, 5.41) is 0. The van der Waals surface area contributed by atoms with Crippen molar-refractivity contribution in [3.63, 3.8) is 0 Å². The third kappa shape index (κ3) is 19.6. The van der Waals surface area contributed by atoms with Crippen LogP contribution in [-0.4, -0.2) is 49.4 Å². The molecule has 0 unspecified atom stereocenters. The van der Waals surface area contributed by atoms with Crippen molar-refractivity contribution in [2.45, 2.75) is 53.4 Å². The molecule has 0 aromatic rings. The molecule has 0 aliphatic carbocycles. The van der Waals surface area contributed by atoms with E-state index in [9.17, 15) is 0 Å². The van der Waals surface area contributed by atoms with Gasteiger partial charge in [-0.25, -0.2) is 0 Å². The van der Waals surface area contributed by atoms with Crippen molar-refractivity contribution in [1.29, 1.82) is 0 Å². The van der Waals surface area contributed by atoms with Crippen molar-refractivity contribution in [1.82, 2.24) is 0 Å². The van der Waals surface area contributed by atoms with Crippen molar-refractivity contribution >= 4 is 9.17 Å². The average Bonchev–Trinajstić information content (AvgIpc) is 2.18. The van der Waals surface area contributed by atoms with Gasteiger partial charge >= 0.3 is 68.3 Å². The van der Waals surface area contributed by atoms with E-state index < -0.39 is 9.17 Å². The summed E-state index contributed by atoms with van der Waals surface area (Å²) in [5.41, 5.74) is 0. The first kappa shape index (κ1) is 28.7. The van der Waals surface area contributed by atoms with Gasteiger partial charge in [0.15, 0.2) is 0 Å². The van der Waals surface area contributed by atoms with Crippen molar-refractivity contribution in [2.24, 2.45) is 0 Å². The molecule has 0 radical (unpaired) electrons. The molecule has 0 saturated heterocycles. The van der Waals surface area contributed by atoms with Gasteiger partial charge in [0.25, 0.3) is 0 Å². The minimum Gasteiger partial charge on any atom is -1.00 e. The van der Waals surface area contributed by atoms with Crippen LogP contribution in [0.25, 0.3) is 0 Å². The fourth-order valence-corrected chi connectivity index (χ4v) is 2.57. The minimum absolute atomic E-state index is 0. The largest absolute Gasteiger partial charge is 1.00 e. The summed E-state index contributed by atoms with van der Waals surface area (Å²) in [6.07, 6.45) is 5.33. The molecule has 0 aromatic heterocycles. The predicted octanol–water partition coefficient (Wildman–Crippen LogP) is -3.94. The molecular formula is C12H32NNa2O3Si+. The van der Waals surface area contributed by atoms with Crippen molar-refractivity contribution in [3.05, 3.63) is 0 Å². The van der Waals surface area contributed by atoms with Crippen LogP contribution in [0.2, 0.25) is 0 Å². The van der Waals surface area contributed by atoms with Gasteiger partial charge in [0.2, 0.25) is 0 Å². The quantitative estimate of drug-likeness (QED) is 0.355. The van der Waals surface area contributed by atoms with Crippen LogP contribution in [0.5, 0.6) is 0 Å². The predicted molar refractivity (Wildman–Crippen MR) is 74.0 cm³/mol. The minimum atomic E-state index is -3.13. The summed E-state index contributed by atoms with van der Waals surface area (Å²) >= 11 is 0. The second kappa shape index (κ2) is 19.6. The molecule has 0 bridgehead atoms. The third-order valence-electron chi connectivity index (χ3n) is 2.79. The summed E-state index contributed by atoms with van der Waals surface area (Å²) in [6.45, 7) is 14.8. The molecule has 108 valence electrons. The average molecular weight is 312 g/mol. The molecule has 0 aliphatic rings. The molecule has 19 heavy (non-hydrogen) atoms. The maximum absolute atomic E-state index is 8.74. The van der Waals surface area contributed by atoms with Crippen LogP contribution < -0.4 is 59.1 Å². The first-order valence-corrected chi connectivity index (χ1v) is 8.05. The van der Waals surface area contributed by atoms with Gasteiger partial charge in [-0.1, -0.05) is 27.7 Å². The first-order valence-electron chi connectivity index (χ1n) is 6.74. The Morgan fingerprint density at radius 3 is 1.05 bits per heavy atom. The summed E-state index contributed by atoms with van der Waals surface area (Å²) in [7, 11) is -3.13. The second-order valence-corrected chi connectivity index (χ2v) is 5.08. The van der Waals surface area contributed by atoms with E-state index in [-0.39, 0.29) is 62.0 Å². The van der Waals surface area contributed by atoms with Crippen LogP contribution in [0, 0.1) is 0 Å². The Morgan fingerprint density at radius 2 is 0.947 bits per heavy atom. The number of quaternary nitrogens is 1. The Balaban J connectivity index is -0.0000000629. The zero-order valence-electron chi connectivity index (χ0n) is 15.9. The van der Waals surface area contributed by atoms with Gasteiger partial charge in [-0.15, -0.1) is 0 Å². The Bertz CT molecular complexity index is 174. The van der Waals surface area contributed by atoms with E-state index in [1.807, 2.05) is 0 Å². The Morgan fingerprint density at radius 1 is 0.789 bits per heavy atom. The molecule has 0 atom stereocenters. The monoisotopic (exact) mass is 312 g/mol. The van der Waals surface area contributed by atoms with Gasteiger partial charge in [0.1, 0.15) is 0 Å². The molecular weight excluding hydrogens is 280 g/mol. The van der Waals surface area contributed by atoms with Gasteiger partial charge in [0, 0.05) is 0 Å². The van der Waals surface area contributed by atoms with Gasteiger partial charge in [-0.05, 0) is 25.7 Å². The molecule has 0 heterocycles. The Kier molecular flexibility index (Phi) is 29.6. The van der Waals surface area contributed by atoms with Crippen LogP contribution in [0.15, 0.2) is 0 Å². The maximum atomic E-state index is 8.74. The van der Waals surface area contributed by atoms with Gasteiger partial charge in [-0.3, -0.25) is 4.46 Å². The van der Waals surface area contributed by atoms with E-state index in [2.05, 4.69) is 27.7 Å². The summed E-state index contributed by atoms with van der Waals surface area (Å²) < 4.78 is 10.1. The van der Waals surface area contributed by atoms with Gasteiger partial charge in [-0.2, -0.15) is 0 Å². The molecule has 0 fully saturated rings. The van der Waals surface area contributed by atoms with E-state index in [4.69, 9.17) is 14.1 Å². The summed E-state index contributed by atoms with van der Waals surface area (Å²) in [6, 6.07) is 0. The molecule has 7 heteroatoms. The van der Waals surface area contributed by atoms with E-state index >= 15 is 0 Å². The van der Waals surface area contributed by atoms with Crippen molar-refractivity contribution in [2.75, 3.05) is 26.2 Å².